The summed E-state index contributed by atoms with van der Waals surface area (Å²) in [6.07, 6.45) is 2.38. The number of rotatable bonds is 4. The van der Waals surface area contributed by atoms with E-state index in [1.165, 1.54) is 5.56 Å². The van der Waals surface area contributed by atoms with E-state index in [0.717, 1.165) is 16.7 Å². The summed E-state index contributed by atoms with van der Waals surface area (Å²) in [6, 6.07) is 8.24. The summed E-state index contributed by atoms with van der Waals surface area (Å²) in [5, 5.41) is 4.07. The van der Waals surface area contributed by atoms with Crippen LogP contribution in [0.3, 0.4) is 0 Å². The molecule has 90 valence electrons. The Kier molecular flexibility index (Phi) is 3.91. The van der Waals surface area contributed by atoms with Crippen molar-refractivity contribution in [3.8, 4) is 0 Å². The van der Waals surface area contributed by atoms with E-state index in [-0.39, 0.29) is 5.92 Å². The molecule has 0 aliphatic carbocycles. The van der Waals surface area contributed by atoms with Crippen LogP contribution in [0.25, 0.3) is 0 Å². The number of halogens is 1. The zero-order valence-electron chi connectivity index (χ0n) is 9.68. The van der Waals surface area contributed by atoms with Crippen LogP contribution in [0.1, 0.15) is 17.3 Å². The number of benzene rings is 1. The van der Waals surface area contributed by atoms with Gasteiger partial charge in [-0.25, -0.2) is 4.98 Å². The molecule has 0 radical (unpaired) electrons. The maximum Gasteiger partial charge on any atom is 0.138 e. The van der Waals surface area contributed by atoms with E-state index in [4.69, 9.17) is 5.73 Å². The standard InChI is InChI=1S/C12H15BrN4/c1-17-12(15-8-16-17)6-10(7-14)9-3-2-4-11(13)5-9/h2-5,8,10H,6-7,14H2,1H3. The molecular formula is C12H15BrN4. The van der Waals surface area contributed by atoms with Crippen molar-refractivity contribution in [3.05, 3.63) is 46.5 Å². The van der Waals surface area contributed by atoms with E-state index in [1.54, 1.807) is 11.0 Å². The van der Waals surface area contributed by atoms with E-state index in [2.05, 4.69) is 38.1 Å². The zero-order valence-corrected chi connectivity index (χ0v) is 11.3. The van der Waals surface area contributed by atoms with E-state index in [0.29, 0.717) is 6.54 Å². The highest BCUT2D eigenvalue weighted by Gasteiger charge is 2.13. The van der Waals surface area contributed by atoms with Gasteiger partial charge in [0, 0.05) is 23.9 Å². The van der Waals surface area contributed by atoms with Crippen LogP contribution in [0.15, 0.2) is 35.1 Å². The highest BCUT2D eigenvalue weighted by Crippen LogP contribution is 2.22. The first kappa shape index (κ1) is 12.3. The quantitative estimate of drug-likeness (QED) is 0.936. The minimum atomic E-state index is 0.274. The first-order valence-electron chi connectivity index (χ1n) is 5.49. The maximum atomic E-state index is 5.85. The van der Waals surface area contributed by atoms with Crippen LogP contribution in [0, 0.1) is 0 Å². The van der Waals surface area contributed by atoms with Gasteiger partial charge in [-0.2, -0.15) is 5.10 Å². The smallest absolute Gasteiger partial charge is 0.138 e. The molecule has 1 aromatic carbocycles. The normalized spacial score (nSPS) is 12.6. The first-order chi connectivity index (χ1) is 8.20. The number of hydrogen-bond acceptors (Lipinski definition) is 3. The topological polar surface area (TPSA) is 56.7 Å². The molecule has 2 rings (SSSR count). The molecule has 1 atom stereocenters. The average Bonchev–Trinajstić information content (AvgIpc) is 2.71. The summed E-state index contributed by atoms with van der Waals surface area (Å²) in [6.45, 7) is 0.601. The molecular weight excluding hydrogens is 280 g/mol. The molecule has 0 saturated heterocycles. The predicted molar refractivity (Wildman–Crippen MR) is 70.6 cm³/mol. The van der Waals surface area contributed by atoms with Crippen LogP contribution >= 0.6 is 15.9 Å². The van der Waals surface area contributed by atoms with Crippen LogP contribution < -0.4 is 5.73 Å². The average molecular weight is 295 g/mol. The maximum absolute atomic E-state index is 5.85. The molecule has 1 aromatic heterocycles. The van der Waals surface area contributed by atoms with Gasteiger partial charge in [0.25, 0.3) is 0 Å². The summed E-state index contributed by atoms with van der Waals surface area (Å²) in [5.74, 6) is 1.23. The minimum absolute atomic E-state index is 0.274. The molecule has 17 heavy (non-hydrogen) atoms. The van der Waals surface area contributed by atoms with E-state index >= 15 is 0 Å². The first-order valence-corrected chi connectivity index (χ1v) is 6.28. The molecule has 1 unspecified atom stereocenters. The molecule has 5 heteroatoms. The summed E-state index contributed by atoms with van der Waals surface area (Å²) in [4.78, 5) is 4.24. The van der Waals surface area contributed by atoms with Crippen molar-refractivity contribution < 1.29 is 0 Å². The Morgan fingerprint density at radius 2 is 2.29 bits per heavy atom. The van der Waals surface area contributed by atoms with Crippen molar-refractivity contribution in [3.63, 3.8) is 0 Å². The third-order valence-corrected chi connectivity index (χ3v) is 3.33. The van der Waals surface area contributed by atoms with Crippen LogP contribution in [-0.2, 0) is 13.5 Å². The summed E-state index contributed by atoms with van der Waals surface area (Å²) in [5.41, 5.74) is 7.08. The van der Waals surface area contributed by atoms with Gasteiger partial charge in [-0.15, -0.1) is 0 Å². The number of aromatic nitrogens is 3. The summed E-state index contributed by atoms with van der Waals surface area (Å²) in [7, 11) is 1.90. The van der Waals surface area contributed by atoms with Crippen molar-refractivity contribution in [1.29, 1.82) is 0 Å². The summed E-state index contributed by atoms with van der Waals surface area (Å²) >= 11 is 3.48. The van der Waals surface area contributed by atoms with Gasteiger partial charge in [0.05, 0.1) is 0 Å². The molecule has 0 aliphatic heterocycles. The van der Waals surface area contributed by atoms with Gasteiger partial charge in [-0.1, -0.05) is 28.1 Å². The minimum Gasteiger partial charge on any atom is -0.330 e. The Morgan fingerprint density at radius 3 is 2.88 bits per heavy atom. The molecule has 0 aliphatic rings. The Morgan fingerprint density at radius 1 is 1.47 bits per heavy atom. The van der Waals surface area contributed by atoms with Crippen LogP contribution in [0.2, 0.25) is 0 Å². The Hall–Kier alpha value is -1.20. The second kappa shape index (κ2) is 5.42. The molecule has 1 heterocycles. The van der Waals surface area contributed by atoms with Crippen molar-refractivity contribution in [1.82, 2.24) is 14.8 Å². The molecule has 4 nitrogen and oxygen atoms in total. The third-order valence-electron chi connectivity index (χ3n) is 2.84. The third kappa shape index (κ3) is 2.92. The molecule has 2 aromatic rings. The van der Waals surface area contributed by atoms with Gasteiger partial charge in [0.15, 0.2) is 0 Å². The predicted octanol–water partition coefficient (Wildman–Crippen LogP) is 1.86. The van der Waals surface area contributed by atoms with Crippen LogP contribution in [0.5, 0.6) is 0 Å². The molecule has 0 fully saturated rings. The molecule has 0 bridgehead atoms. The van der Waals surface area contributed by atoms with Gasteiger partial charge in [-0.05, 0) is 24.2 Å². The van der Waals surface area contributed by atoms with Crippen LogP contribution in [-0.4, -0.2) is 21.3 Å². The zero-order chi connectivity index (χ0) is 12.3. The molecule has 0 spiro atoms. The second-order valence-corrected chi connectivity index (χ2v) is 4.91. The lowest BCUT2D eigenvalue weighted by Crippen LogP contribution is -2.17. The van der Waals surface area contributed by atoms with E-state index < -0.39 is 0 Å². The summed E-state index contributed by atoms with van der Waals surface area (Å²) < 4.78 is 2.87. The monoisotopic (exact) mass is 294 g/mol. The van der Waals surface area contributed by atoms with Crippen molar-refractivity contribution in [2.75, 3.05) is 6.54 Å². The number of nitrogens with zero attached hydrogens (tertiary/aromatic N) is 3. The van der Waals surface area contributed by atoms with Gasteiger partial charge in [-0.3, -0.25) is 4.68 Å². The fourth-order valence-corrected chi connectivity index (χ4v) is 2.24. The van der Waals surface area contributed by atoms with E-state index in [1.807, 2.05) is 19.2 Å². The molecule has 0 saturated carbocycles. The Bertz CT molecular complexity index is 495. The van der Waals surface area contributed by atoms with Gasteiger partial charge in [0.1, 0.15) is 12.2 Å². The van der Waals surface area contributed by atoms with Gasteiger partial charge >= 0.3 is 0 Å². The number of nitrogens with two attached hydrogens (primary N) is 1. The van der Waals surface area contributed by atoms with Crippen molar-refractivity contribution >= 4 is 15.9 Å². The van der Waals surface area contributed by atoms with Crippen LogP contribution in [0.4, 0.5) is 0 Å². The van der Waals surface area contributed by atoms with Gasteiger partial charge in [0.2, 0.25) is 0 Å². The molecule has 2 N–H and O–H groups in total. The molecule has 0 amide bonds. The second-order valence-electron chi connectivity index (χ2n) is 3.99. The van der Waals surface area contributed by atoms with Gasteiger partial charge < -0.3 is 5.73 Å². The Balaban J connectivity index is 2.20. The lowest BCUT2D eigenvalue weighted by Gasteiger charge is -2.14. The lowest BCUT2D eigenvalue weighted by molar-refractivity contribution is 0.619. The highest BCUT2D eigenvalue weighted by molar-refractivity contribution is 9.10. The lowest BCUT2D eigenvalue weighted by atomic mass is 9.95. The van der Waals surface area contributed by atoms with Crippen molar-refractivity contribution in [2.45, 2.75) is 12.3 Å². The highest BCUT2D eigenvalue weighted by atomic mass is 79.9. The fourth-order valence-electron chi connectivity index (χ4n) is 1.82. The van der Waals surface area contributed by atoms with Crippen molar-refractivity contribution in [2.24, 2.45) is 12.8 Å². The van der Waals surface area contributed by atoms with E-state index in [9.17, 15) is 0 Å². The SMILES string of the molecule is Cn1ncnc1CC(CN)c1cccc(Br)c1. The fraction of sp³-hybridized carbons (Fsp3) is 0.333. The largest absolute Gasteiger partial charge is 0.330 e. The Labute approximate surface area is 109 Å². The number of hydrogen-bond donors (Lipinski definition) is 1. The number of aryl methyl sites for hydroxylation is 1.